The van der Waals surface area contributed by atoms with Gasteiger partial charge in [-0.1, -0.05) is 115 Å². The summed E-state index contributed by atoms with van der Waals surface area (Å²) >= 11 is 0. The van der Waals surface area contributed by atoms with Gasteiger partial charge in [-0.05, 0) is 53.8 Å². The van der Waals surface area contributed by atoms with Crippen molar-refractivity contribution >= 4 is 21.6 Å². The van der Waals surface area contributed by atoms with Crippen molar-refractivity contribution in [3.05, 3.63) is 168 Å². The Balaban J connectivity index is 1.42. The number of anilines is 1. The maximum absolute atomic E-state index is 15.5. The highest BCUT2D eigenvalue weighted by Crippen LogP contribution is 2.32. The molecule has 2 unspecified atom stereocenters. The predicted molar refractivity (Wildman–Crippen MR) is 194 cm³/mol. The number of sulfonamides is 1. The standard InChI is InChI=1S/C40H42FN3O5S/c41-36-22-13-23-37(35(36)25-24-33(28-42-26-27-45)44-50(47,48)34-20-11-4-12-21-34)43-40(46)39(49-29-30-14-5-1-6-15-30)38(31-16-7-2-8-17-31)32-18-9-3-10-19-32/h1-23,33,38-39,42,44-45H,24-29H2,(H,43,46). The van der Waals surface area contributed by atoms with Gasteiger partial charge in [0.05, 0.1) is 18.1 Å². The highest BCUT2D eigenvalue weighted by Gasteiger charge is 2.33. The SMILES string of the molecule is O=C(Nc1cccc(F)c1CCC(CNCCO)NS(=O)(=O)c1ccccc1)C(OCc1ccccc1)C(c1ccccc1)c1ccccc1. The molecule has 0 aromatic heterocycles. The van der Waals surface area contributed by atoms with Crippen LogP contribution < -0.4 is 15.4 Å². The third-order valence-electron chi connectivity index (χ3n) is 8.33. The van der Waals surface area contributed by atoms with Gasteiger partial charge in [-0.25, -0.2) is 17.5 Å². The molecule has 260 valence electrons. The quantitative estimate of drug-likeness (QED) is 0.0831. The number of halogens is 1. The molecule has 50 heavy (non-hydrogen) atoms. The molecule has 5 aromatic carbocycles. The molecule has 0 heterocycles. The summed E-state index contributed by atoms with van der Waals surface area (Å²) in [7, 11) is -3.88. The third kappa shape index (κ3) is 10.2. The van der Waals surface area contributed by atoms with Gasteiger partial charge in [-0.2, -0.15) is 0 Å². The van der Waals surface area contributed by atoms with E-state index in [-0.39, 0.29) is 55.3 Å². The van der Waals surface area contributed by atoms with E-state index in [4.69, 9.17) is 4.74 Å². The first kappa shape index (κ1) is 36.6. The second kappa shape index (κ2) is 18.3. The van der Waals surface area contributed by atoms with Gasteiger partial charge in [0, 0.05) is 36.3 Å². The maximum Gasteiger partial charge on any atom is 0.254 e. The summed E-state index contributed by atoms with van der Waals surface area (Å²) in [5.74, 6) is -1.45. The average molecular weight is 696 g/mol. The Bertz CT molecular complexity index is 1840. The zero-order valence-electron chi connectivity index (χ0n) is 27.6. The topological polar surface area (TPSA) is 117 Å². The number of ether oxygens (including phenoxy) is 1. The van der Waals surface area contributed by atoms with E-state index >= 15 is 4.39 Å². The largest absolute Gasteiger partial charge is 0.395 e. The molecule has 0 fully saturated rings. The molecule has 5 rings (SSSR count). The van der Waals surface area contributed by atoms with Crippen LogP contribution in [-0.4, -0.2) is 51.3 Å². The summed E-state index contributed by atoms with van der Waals surface area (Å²) in [4.78, 5) is 14.5. The van der Waals surface area contributed by atoms with Gasteiger partial charge in [0.15, 0.2) is 0 Å². The van der Waals surface area contributed by atoms with Crippen LogP contribution in [0.3, 0.4) is 0 Å². The monoisotopic (exact) mass is 695 g/mol. The molecule has 0 aliphatic rings. The molecule has 8 nitrogen and oxygen atoms in total. The average Bonchev–Trinajstić information content (AvgIpc) is 3.14. The Hall–Kier alpha value is -4.71. The molecular formula is C40H42FN3O5S. The molecule has 4 N–H and O–H groups in total. The highest BCUT2D eigenvalue weighted by atomic mass is 32.2. The molecule has 10 heteroatoms. The zero-order chi connectivity index (χ0) is 35.2. The minimum atomic E-state index is -3.88. The summed E-state index contributed by atoms with van der Waals surface area (Å²) in [6.07, 6.45) is -0.676. The second-order valence-electron chi connectivity index (χ2n) is 11.9. The van der Waals surface area contributed by atoms with Crippen molar-refractivity contribution in [3.8, 4) is 0 Å². The minimum Gasteiger partial charge on any atom is -0.395 e. The Kier molecular flexibility index (Phi) is 13.4. The molecule has 2 atom stereocenters. The van der Waals surface area contributed by atoms with Gasteiger partial charge in [0.2, 0.25) is 10.0 Å². The van der Waals surface area contributed by atoms with E-state index in [1.165, 1.54) is 24.3 Å². The van der Waals surface area contributed by atoms with Gasteiger partial charge in [0.25, 0.3) is 5.91 Å². The summed E-state index contributed by atoms with van der Waals surface area (Å²) in [6.45, 7) is 0.518. The maximum atomic E-state index is 15.5. The number of aliphatic hydroxyl groups excluding tert-OH is 1. The van der Waals surface area contributed by atoms with Crippen molar-refractivity contribution in [2.45, 2.75) is 42.4 Å². The van der Waals surface area contributed by atoms with E-state index in [2.05, 4.69) is 15.4 Å². The van der Waals surface area contributed by atoms with E-state index in [0.717, 1.165) is 16.7 Å². The van der Waals surface area contributed by atoms with Crippen molar-refractivity contribution in [3.63, 3.8) is 0 Å². The molecule has 0 aliphatic heterocycles. The minimum absolute atomic E-state index is 0.110. The number of benzene rings is 5. The molecule has 0 saturated heterocycles. The molecule has 0 saturated carbocycles. The lowest BCUT2D eigenvalue weighted by atomic mass is 9.86. The van der Waals surface area contributed by atoms with Crippen LogP contribution in [0.1, 0.15) is 34.6 Å². The molecule has 5 aromatic rings. The molecule has 0 radical (unpaired) electrons. The number of hydrogen-bond donors (Lipinski definition) is 4. The van der Waals surface area contributed by atoms with Crippen molar-refractivity contribution in [1.82, 2.24) is 10.0 Å². The van der Waals surface area contributed by atoms with E-state index in [1.807, 2.05) is 91.0 Å². The van der Waals surface area contributed by atoms with E-state index < -0.39 is 39.8 Å². The summed E-state index contributed by atoms with van der Waals surface area (Å²) in [5, 5.41) is 15.3. The van der Waals surface area contributed by atoms with Crippen molar-refractivity contribution < 1.29 is 27.4 Å². The normalized spacial score (nSPS) is 12.8. The van der Waals surface area contributed by atoms with Crippen LogP contribution in [0.2, 0.25) is 0 Å². The van der Waals surface area contributed by atoms with Crippen LogP contribution in [0.4, 0.5) is 10.1 Å². The molecule has 0 bridgehead atoms. The number of carbonyl (C=O) groups is 1. The number of aliphatic hydroxyl groups is 1. The first-order chi connectivity index (χ1) is 24.4. The van der Waals surface area contributed by atoms with Gasteiger partial charge < -0.3 is 20.5 Å². The van der Waals surface area contributed by atoms with Gasteiger partial charge in [-0.15, -0.1) is 0 Å². The lowest BCUT2D eigenvalue weighted by Gasteiger charge is -2.28. The van der Waals surface area contributed by atoms with Crippen LogP contribution in [0, 0.1) is 5.82 Å². The third-order valence-corrected chi connectivity index (χ3v) is 9.86. The number of carbonyl (C=O) groups excluding carboxylic acids is 1. The highest BCUT2D eigenvalue weighted by molar-refractivity contribution is 7.89. The fraction of sp³-hybridized carbons (Fsp3) is 0.225. The number of amides is 1. The van der Waals surface area contributed by atoms with Gasteiger partial charge in [0.1, 0.15) is 11.9 Å². The van der Waals surface area contributed by atoms with Crippen molar-refractivity contribution in [1.29, 1.82) is 0 Å². The van der Waals surface area contributed by atoms with E-state index in [1.54, 1.807) is 24.3 Å². The van der Waals surface area contributed by atoms with E-state index in [9.17, 15) is 18.3 Å². The number of hydrogen-bond acceptors (Lipinski definition) is 6. The lowest BCUT2D eigenvalue weighted by Crippen LogP contribution is -2.43. The molecule has 0 aliphatic carbocycles. The fourth-order valence-corrected chi connectivity index (χ4v) is 7.14. The smallest absolute Gasteiger partial charge is 0.254 e. The zero-order valence-corrected chi connectivity index (χ0v) is 28.4. The Morgan fingerprint density at radius 3 is 1.94 bits per heavy atom. The lowest BCUT2D eigenvalue weighted by molar-refractivity contribution is -0.129. The summed E-state index contributed by atoms with van der Waals surface area (Å²) in [6, 6.07) is 40.8. The number of nitrogens with one attached hydrogen (secondary N) is 3. The molecular weight excluding hydrogens is 654 g/mol. The Morgan fingerprint density at radius 1 is 0.760 bits per heavy atom. The van der Waals surface area contributed by atoms with Crippen LogP contribution in [0.15, 0.2) is 144 Å². The molecule has 1 amide bonds. The second-order valence-corrected chi connectivity index (χ2v) is 13.6. The van der Waals surface area contributed by atoms with Crippen LogP contribution in [0.5, 0.6) is 0 Å². The van der Waals surface area contributed by atoms with Gasteiger partial charge in [-0.3, -0.25) is 4.79 Å². The Labute approximate surface area is 293 Å². The first-order valence-corrected chi connectivity index (χ1v) is 18.1. The summed E-state index contributed by atoms with van der Waals surface area (Å²) < 4.78 is 51.0. The summed E-state index contributed by atoms with van der Waals surface area (Å²) in [5.41, 5.74) is 3.18. The van der Waals surface area contributed by atoms with Crippen LogP contribution in [-0.2, 0) is 32.6 Å². The van der Waals surface area contributed by atoms with Crippen molar-refractivity contribution in [2.24, 2.45) is 0 Å². The number of rotatable bonds is 18. The Morgan fingerprint density at radius 2 is 1.34 bits per heavy atom. The van der Waals surface area contributed by atoms with Crippen LogP contribution >= 0.6 is 0 Å². The van der Waals surface area contributed by atoms with E-state index in [0.29, 0.717) is 0 Å². The predicted octanol–water partition coefficient (Wildman–Crippen LogP) is 6.04. The molecule has 0 spiro atoms. The van der Waals surface area contributed by atoms with Gasteiger partial charge >= 0.3 is 0 Å². The fourth-order valence-electron chi connectivity index (χ4n) is 5.84. The van der Waals surface area contributed by atoms with Crippen molar-refractivity contribution in [2.75, 3.05) is 25.0 Å². The first-order valence-electron chi connectivity index (χ1n) is 16.6. The van der Waals surface area contributed by atoms with Crippen LogP contribution in [0.25, 0.3) is 0 Å².